The van der Waals surface area contributed by atoms with Gasteiger partial charge in [0.15, 0.2) is 0 Å². The van der Waals surface area contributed by atoms with Crippen molar-refractivity contribution < 1.29 is 21.9 Å². The molecule has 3 aliphatic heterocycles. The summed E-state index contributed by atoms with van der Waals surface area (Å²) >= 11 is 0. The topological polar surface area (TPSA) is 75.9 Å². The monoisotopic (exact) mass is 387 g/mol. The zero-order chi connectivity index (χ0) is 18.6. The SMILES string of the molecule is CS(=O)(=O)N1C[C@@H]2C[C@H]1CN2[C@H]1CO[C@H](c2cc(F)ccc2F)[C@@H](N)C1. The first kappa shape index (κ1) is 18.2. The van der Waals surface area contributed by atoms with Gasteiger partial charge in [0.2, 0.25) is 10.0 Å². The molecule has 0 saturated carbocycles. The van der Waals surface area contributed by atoms with Gasteiger partial charge in [-0.2, -0.15) is 4.31 Å². The van der Waals surface area contributed by atoms with Crippen molar-refractivity contribution in [1.82, 2.24) is 9.21 Å². The van der Waals surface area contributed by atoms with E-state index in [9.17, 15) is 17.2 Å². The third-order valence-electron chi connectivity index (χ3n) is 5.79. The molecule has 1 aromatic carbocycles. The second-order valence-corrected chi connectivity index (χ2v) is 9.48. The van der Waals surface area contributed by atoms with E-state index < -0.39 is 33.8 Å². The molecule has 0 amide bonds. The lowest BCUT2D eigenvalue weighted by Gasteiger charge is -2.43. The van der Waals surface area contributed by atoms with Crippen LogP contribution in [0.5, 0.6) is 0 Å². The van der Waals surface area contributed by atoms with Gasteiger partial charge in [0.05, 0.1) is 12.9 Å². The fourth-order valence-electron chi connectivity index (χ4n) is 4.64. The van der Waals surface area contributed by atoms with Crippen molar-refractivity contribution in [1.29, 1.82) is 0 Å². The number of ether oxygens (including phenoxy) is 1. The number of halogens is 2. The molecule has 0 aliphatic carbocycles. The molecule has 0 aromatic heterocycles. The van der Waals surface area contributed by atoms with Gasteiger partial charge >= 0.3 is 0 Å². The van der Waals surface area contributed by atoms with E-state index in [1.165, 1.54) is 6.26 Å². The zero-order valence-electron chi connectivity index (χ0n) is 14.5. The van der Waals surface area contributed by atoms with Crippen molar-refractivity contribution >= 4 is 10.0 Å². The number of piperazine rings is 1. The van der Waals surface area contributed by atoms with Gasteiger partial charge in [-0.1, -0.05) is 0 Å². The Hall–Kier alpha value is -1.13. The molecule has 26 heavy (non-hydrogen) atoms. The number of benzene rings is 1. The molecule has 3 heterocycles. The third kappa shape index (κ3) is 3.16. The van der Waals surface area contributed by atoms with Gasteiger partial charge in [-0.05, 0) is 31.0 Å². The minimum atomic E-state index is -3.18. The van der Waals surface area contributed by atoms with E-state index in [2.05, 4.69) is 4.90 Å². The molecule has 0 spiro atoms. The minimum absolute atomic E-state index is 0.00427. The summed E-state index contributed by atoms with van der Waals surface area (Å²) in [5.41, 5.74) is 6.39. The number of hydrogen-bond acceptors (Lipinski definition) is 5. The van der Waals surface area contributed by atoms with E-state index in [0.29, 0.717) is 26.1 Å². The second kappa shape index (κ2) is 6.49. The lowest BCUT2D eigenvalue weighted by molar-refractivity contribution is -0.0591. The van der Waals surface area contributed by atoms with Crippen LogP contribution in [-0.4, -0.2) is 67.7 Å². The summed E-state index contributed by atoms with van der Waals surface area (Å²) in [6, 6.07) is 3.09. The summed E-state index contributed by atoms with van der Waals surface area (Å²) in [5, 5.41) is 0. The molecule has 3 aliphatic rings. The predicted octanol–water partition coefficient (Wildman–Crippen LogP) is 0.840. The number of nitrogens with zero attached hydrogens (tertiary/aromatic N) is 2. The molecule has 2 N–H and O–H groups in total. The average Bonchev–Trinajstić information content (AvgIpc) is 3.17. The molecule has 2 bridgehead atoms. The normalized spacial score (nSPS) is 35.9. The van der Waals surface area contributed by atoms with Crippen LogP contribution < -0.4 is 5.73 Å². The quantitative estimate of drug-likeness (QED) is 0.832. The van der Waals surface area contributed by atoms with Crippen LogP contribution in [0.15, 0.2) is 18.2 Å². The second-order valence-electron chi connectivity index (χ2n) is 7.55. The van der Waals surface area contributed by atoms with Crippen LogP contribution >= 0.6 is 0 Å². The lowest BCUT2D eigenvalue weighted by Crippen LogP contribution is -2.56. The van der Waals surface area contributed by atoms with Crippen molar-refractivity contribution in [2.24, 2.45) is 5.73 Å². The molecule has 4 rings (SSSR count). The third-order valence-corrected chi connectivity index (χ3v) is 7.09. The summed E-state index contributed by atoms with van der Waals surface area (Å²) in [5.74, 6) is -1.04. The van der Waals surface area contributed by atoms with E-state index >= 15 is 0 Å². The summed E-state index contributed by atoms with van der Waals surface area (Å²) in [4.78, 5) is 2.27. The highest BCUT2D eigenvalue weighted by Crippen LogP contribution is 2.38. The maximum absolute atomic E-state index is 14.0. The fourth-order valence-corrected chi connectivity index (χ4v) is 5.78. The molecule has 3 saturated heterocycles. The maximum Gasteiger partial charge on any atom is 0.211 e. The molecular formula is C17H23F2N3O3S. The Morgan fingerprint density at radius 3 is 2.54 bits per heavy atom. The van der Waals surface area contributed by atoms with Crippen LogP contribution in [0.2, 0.25) is 0 Å². The van der Waals surface area contributed by atoms with Gasteiger partial charge in [0.25, 0.3) is 0 Å². The van der Waals surface area contributed by atoms with Crippen LogP contribution in [0.25, 0.3) is 0 Å². The first-order valence-electron chi connectivity index (χ1n) is 8.78. The smallest absolute Gasteiger partial charge is 0.211 e. The Morgan fingerprint density at radius 2 is 1.92 bits per heavy atom. The minimum Gasteiger partial charge on any atom is -0.370 e. The van der Waals surface area contributed by atoms with Crippen LogP contribution in [-0.2, 0) is 14.8 Å². The van der Waals surface area contributed by atoms with E-state index in [0.717, 1.165) is 24.6 Å². The number of hydrogen-bond donors (Lipinski definition) is 1. The van der Waals surface area contributed by atoms with Crippen molar-refractivity contribution in [2.45, 2.75) is 43.1 Å². The summed E-state index contributed by atoms with van der Waals surface area (Å²) in [6.07, 6.45) is 1.99. The Balaban J connectivity index is 1.43. The van der Waals surface area contributed by atoms with E-state index in [1.807, 2.05) is 0 Å². The van der Waals surface area contributed by atoms with Crippen LogP contribution in [0.1, 0.15) is 24.5 Å². The summed E-state index contributed by atoms with van der Waals surface area (Å²) < 4.78 is 58.5. The zero-order valence-corrected chi connectivity index (χ0v) is 15.3. The first-order valence-corrected chi connectivity index (χ1v) is 10.6. The molecule has 0 unspecified atom stereocenters. The van der Waals surface area contributed by atoms with Gasteiger partial charge in [-0.3, -0.25) is 4.90 Å². The number of rotatable bonds is 3. The molecule has 5 atom stereocenters. The highest BCUT2D eigenvalue weighted by Gasteiger charge is 2.50. The van der Waals surface area contributed by atoms with Gasteiger partial charge in [0, 0.05) is 42.8 Å². The van der Waals surface area contributed by atoms with Gasteiger partial charge in [-0.15, -0.1) is 0 Å². The van der Waals surface area contributed by atoms with Gasteiger partial charge < -0.3 is 10.5 Å². The van der Waals surface area contributed by atoms with Gasteiger partial charge in [-0.25, -0.2) is 17.2 Å². The molecule has 6 nitrogen and oxygen atoms in total. The Morgan fingerprint density at radius 1 is 1.15 bits per heavy atom. The number of fused-ring (bicyclic) bond motifs is 2. The van der Waals surface area contributed by atoms with E-state index in [-0.39, 0.29) is 23.7 Å². The van der Waals surface area contributed by atoms with E-state index in [4.69, 9.17) is 10.5 Å². The number of nitrogens with two attached hydrogens (primary N) is 1. The van der Waals surface area contributed by atoms with Crippen molar-refractivity contribution in [3.05, 3.63) is 35.4 Å². The van der Waals surface area contributed by atoms with Crippen LogP contribution in [0.3, 0.4) is 0 Å². The Bertz CT molecular complexity index is 806. The molecule has 0 radical (unpaired) electrons. The highest BCUT2D eigenvalue weighted by atomic mass is 32.2. The van der Waals surface area contributed by atoms with Gasteiger partial charge in [0.1, 0.15) is 17.7 Å². The number of sulfonamides is 1. The predicted molar refractivity (Wildman–Crippen MR) is 91.9 cm³/mol. The first-order chi connectivity index (χ1) is 12.2. The standard InChI is InChI=1S/C17H23F2N3O3S/c1-26(23,24)22-8-11-5-12(22)7-21(11)13-6-16(20)17(25-9-13)14-4-10(18)2-3-15(14)19/h2-4,11-13,16-17H,5-9,20H2,1H3/t11-,12-,13+,16-,17+/m0/s1. The Labute approximate surface area is 151 Å². The molecule has 9 heteroatoms. The van der Waals surface area contributed by atoms with Crippen molar-refractivity contribution in [2.75, 3.05) is 26.0 Å². The largest absolute Gasteiger partial charge is 0.370 e. The Kier molecular flexibility index (Phi) is 4.55. The summed E-state index contributed by atoms with van der Waals surface area (Å²) in [7, 11) is -3.18. The fraction of sp³-hybridized carbons (Fsp3) is 0.647. The molecular weight excluding hydrogens is 364 g/mol. The van der Waals surface area contributed by atoms with Crippen molar-refractivity contribution in [3.8, 4) is 0 Å². The lowest BCUT2D eigenvalue weighted by atomic mass is 9.93. The highest BCUT2D eigenvalue weighted by molar-refractivity contribution is 7.88. The number of likely N-dealkylation sites (tertiary alicyclic amines) is 1. The molecule has 3 fully saturated rings. The van der Waals surface area contributed by atoms with Crippen LogP contribution in [0, 0.1) is 11.6 Å². The summed E-state index contributed by atoms with van der Waals surface area (Å²) in [6.45, 7) is 1.53. The van der Waals surface area contributed by atoms with Crippen molar-refractivity contribution in [3.63, 3.8) is 0 Å². The maximum atomic E-state index is 14.0. The average molecular weight is 387 g/mol. The van der Waals surface area contributed by atoms with Crippen LogP contribution in [0.4, 0.5) is 8.78 Å². The molecule has 1 aromatic rings. The van der Waals surface area contributed by atoms with E-state index in [1.54, 1.807) is 4.31 Å². The molecule has 144 valence electrons.